The number of para-hydroxylation sites is 1. The number of rotatable bonds is 4. The molecule has 76 valence electrons. The highest BCUT2D eigenvalue weighted by atomic mass is 16.5. The Balaban J connectivity index is 2.26. The first-order valence-corrected chi connectivity index (χ1v) is 4.86. The van der Waals surface area contributed by atoms with Crippen LogP contribution in [0.15, 0.2) is 18.2 Å². The highest BCUT2D eigenvalue weighted by Gasteiger charge is 2.25. The number of hydrogen-bond donors (Lipinski definition) is 1. The van der Waals surface area contributed by atoms with Crippen molar-refractivity contribution in [1.82, 2.24) is 0 Å². The van der Waals surface area contributed by atoms with Gasteiger partial charge in [-0.25, -0.2) is 0 Å². The molecule has 3 nitrogen and oxygen atoms in total. The van der Waals surface area contributed by atoms with Crippen molar-refractivity contribution in [3.63, 3.8) is 0 Å². The fraction of sp³-hybridized carbons (Fsp3) is 0.455. The van der Waals surface area contributed by atoms with Crippen LogP contribution in [0, 0.1) is 0 Å². The normalized spacial score (nSPS) is 15.0. The second-order valence-electron chi connectivity index (χ2n) is 3.40. The van der Waals surface area contributed by atoms with Gasteiger partial charge in [0.1, 0.15) is 17.2 Å². The van der Waals surface area contributed by atoms with Gasteiger partial charge < -0.3 is 14.8 Å². The van der Waals surface area contributed by atoms with Crippen LogP contribution in [0.3, 0.4) is 0 Å². The van der Waals surface area contributed by atoms with Crippen LogP contribution < -0.4 is 14.8 Å². The molecule has 1 fully saturated rings. The van der Waals surface area contributed by atoms with Crippen LogP contribution in [0.25, 0.3) is 0 Å². The molecule has 0 amide bonds. The van der Waals surface area contributed by atoms with E-state index < -0.39 is 0 Å². The number of anilines is 1. The Labute approximate surface area is 84.0 Å². The molecule has 3 heteroatoms. The minimum Gasteiger partial charge on any atom is -0.494 e. The number of hydrogen-bond acceptors (Lipinski definition) is 3. The Morgan fingerprint density at radius 1 is 1.29 bits per heavy atom. The average molecular weight is 193 g/mol. The SMILES string of the molecule is CNc1c(OC)cccc1OC1CC1. The quantitative estimate of drug-likeness (QED) is 0.795. The van der Waals surface area contributed by atoms with Gasteiger partial charge in [-0.15, -0.1) is 0 Å². The third kappa shape index (κ3) is 1.76. The predicted molar refractivity (Wildman–Crippen MR) is 56.2 cm³/mol. The minimum absolute atomic E-state index is 0.411. The lowest BCUT2D eigenvalue weighted by Gasteiger charge is -2.13. The molecule has 0 saturated heterocycles. The lowest BCUT2D eigenvalue weighted by Crippen LogP contribution is -2.01. The van der Waals surface area contributed by atoms with Gasteiger partial charge in [0.2, 0.25) is 0 Å². The number of ether oxygens (including phenoxy) is 2. The molecule has 2 rings (SSSR count). The van der Waals surface area contributed by atoms with E-state index in [-0.39, 0.29) is 0 Å². The fourth-order valence-corrected chi connectivity index (χ4v) is 1.39. The Kier molecular flexibility index (Phi) is 2.48. The summed E-state index contributed by atoms with van der Waals surface area (Å²) in [5.41, 5.74) is 0.932. The van der Waals surface area contributed by atoms with Crippen molar-refractivity contribution >= 4 is 5.69 Å². The van der Waals surface area contributed by atoms with Gasteiger partial charge in [0.15, 0.2) is 0 Å². The first-order chi connectivity index (χ1) is 6.85. The third-order valence-corrected chi connectivity index (χ3v) is 2.28. The molecule has 0 bridgehead atoms. The highest BCUT2D eigenvalue weighted by molar-refractivity contribution is 5.65. The summed E-state index contributed by atoms with van der Waals surface area (Å²) in [4.78, 5) is 0. The maximum Gasteiger partial charge on any atom is 0.146 e. The van der Waals surface area contributed by atoms with Crippen LogP contribution in [0.5, 0.6) is 11.5 Å². The number of nitrogens with one attached hydrogen (secondary N) is 1. The van der Waals surface area contributed by atoms with Crippen molar-refractivity contribution in [2.45, 2.75) is 18.9 Å². The van der Waals surface area contributed by atoms with Crippen LogP contribution in [0.4, 0.5) is 5.69 Å². The largest absolute Gasteiger partial charge is 0.494 e. The van der Waals surface area contributed by atoms with Gasteiger partial charge >= 0.3 is 0 Å². The molecule has 0 aliphatic heterocycles. The van der Waals surface area contributed by atoms with Crippen molar-refractivity contribution in [3.8, 4) is 11.5 Å². The van der Waals surface area contributed by atoms with Gasteiger partial charge in [-0.1, -0.05) is 6.07 Å². The van der Waals surface area contributed by atoms with Crippen LogP contribution in [0.1, 0.15) is 12.8 Å². The molecular weight excluding hydrogens is 178 g/mol. The Hall–Kier alpha value is -1.38. The van der Waals surface area contributed by atoms with Gasteiger partial charge in [-0.2, -0.15) is 0 Å². The maximum absolute atomic E-state index is 5.75. The Morgan fingerprint density at radius 2 is 2.00 bits per heavy atom. The van der Waals surface area contributed by atoms with Gasteiger partial charge in [0, 0.05) is 7.05 Å². The molecule has 0 aromatic heterocycles. The summed E-state index contributed by atoms with van der Waals surface area (Å²) in [5, 5.41) is 3.10. The van der Waals surface area contributed by atoms with Gasteiger partial charge in [0.05, 0.1) is 13.2 Å². The molecule has 1 N–H and O–H groups in total. The monoisotopic (exact) mass is 193 g/mol. The molecule has 0 heterocycles. The van der Waals surface area contributed by atoms with Crippen molar-refractivity contribution < 1.29 is 9.47 Å². The van der Waals surface area contributed by atoms with E-state index in [1.165, 1.54) is 12.8 Å². The van der Waals surface area contributed by atoms with Crippen LogP contribution >= 0.6 is 0 Å². The first kappa shape index (κ1) is 9.19. The second-order valence-corrected chi connectivity index (χ2v) is 3.40. The van der Waals surface area contributed by atoms with E-state index in [0.717, 1.165) is 17.2 Å². The summed E-state index contributed by atoms with van der Waals surface area (Å²) in [5.74, 6) is 1.71. The van der Waals surface area contributed by atoms with Gasteiger partial charge in [0.25, 0.3) is 0 Å². The summed E-state index contributed by atoms with van der Waals surface area (Å²) in [6.45, 7) is 0. The van der Waals surface area contributed by atoms with Crippen molar-refractivity contribution in [1.29, 1.82) is 0 Å². The molecule has 0 atom stereocenters. The number of benzene rings is 1. The summed E-state index contributed by atoms with van der Waals surface area (Å²) >= 11 is 0. The zero-order valence-corrected chi connectivity index (χ0v) is 8.54. The minimum atomic E-state index is 0.411. The lowest BCUT2D eigenvalue weighted by molar-refractivity contribution is 0.302. The lowest BCUT2D eigenvalue weighted by atomic mass is 10.2. The van der Waals surface area contributed by atoms with Crippen LogP contribution in [0.2, 0.25) is 0 Å². The fourth-order valence-electron chi connectivity index (χ4n) is 1.39. The Morgan fingerprint density at radius 3 is 2.57 bits per heavy atom. The number of methoxy groups -OCH3 is 1. The molecule has 1 aromatic carbocycles. The van der Waals surface area contributed by atoms with Gasteiger partial charge in [-0.3, -0.25) is 0 Å². The highest BCUT2D eigenvalue weighted by Crippen LogP contribution is 2.37. The van der Waals surface area contributed by atoms with E-state index in [1.807, 2.05) is 25.2 Å². The molecule has 0 unspecified atom stereocenters. The topological polar surface area (TPSA) is 30.5 Å². The van der Waals surface area contributed by atoms with E-state index in [9.17, 15) is 0 Å². The van der Waals surface area contributed by atoms with Crippen molar-refractivity contribution in [2.24, 2.45) is 0 Å². The smallest absolute Gasteiger partial charge is 0.146 e. The van der Waals surface area contributed by atoms with E-state index >= 15 is 0 Å². The molecule has 0 radical (unpaired) electrons. The van der Waals surface area contributed by atoms with Crippen LogP contribution in [-0.2, 0) is 0 Å². The van der Waals surface area contributed by atoms with E-state index in [0.29, 0.717) is 6.10 Å². The van der Waals surface area contributed by atoms with Crippen molar-refractivity contribution in [3.05, 3.63) is 18.2 Å². The van der Waals surface area contributed by atoms with E-state index in [4.69, 9.17) is 9.47 Å². The summed E-state index contributed by atoms with van der Waals surface area (Å²) in [6, 6.07) is 5.83. The van der Waals surface area contributed by atoms with Gasteiger partial charge in [-0.05, 0) is 25.0 Å². The standard InChI is InChI=1S/C11H15NO2/c1-12-11-9(13-2)4-3-5-10(11)14-8-6-7-8/h3-5,8,12H,6-7H2,1-2H3. The maximum atomic E-state index is 5.75. The first-order valence-electron chi connectivity index (χ1n) is 4.86. The molecule has 14 heavy (non-hydrogen) atoms. The van der Waals surface area contributed by atoms with Crippen LogP contribution in [-0.4, -0.2) is 20.3 Å². The summed E-state index contributed by atoms with van der Waals surface area (Å²) in [7, 11) is 3.54. The molecule has 1 aromatic rings. The zero-order valence-electron chi connectivity index (χ0n) is 8.54. The second kappa shape index (κ2) is 3.78. The van der Waals surface area contributed by atoms with E-state index in [1.54, 1.807) is 7.11 Å². The summed E-state index contributed by atoms with van der Waals surface area (Å²) in [6.07, 6.45) is 2.75. The molecular formula is C11H15NO2. The zero-order chi connectivity index (χ0) is 9.97. The predicted octanol–water partition coefficient (Wildman–Crippen LogP) is 2.28. The third-order valence-electron chi connectivity index (χ3n) is 2.28. The molecule has 1 aliphatic rings. The molecule has 1 saturated carbocycles. The molecule has 1 aliphatic carbocycles. The Bertz CT molecular complexity index is 321. The summed E-state index contributed by atoms with van der Waals surface area (Å²) < 4.78 is 11.0. The molecule has 0 spiro atoms. The van der Waals surface area contributed by atoms with Crippen molar-refractivity contribution in [2.75, 3.05) is 19.5 Å². The average Bonchev–Trinajstić information content (AvgIpc) is 3.01. The van der Waals surface area contributed by atoms with E-state index in [2.05, 4.69) is 5.32 Å².